The Morgan fingerprint density at radius 3 is 0.857 bits per heavy atom. The van der Waals surface area contributed by atoms with Crippen molar-refractivity contribution in [3.63, 3.8) is 0 Å². The van der Waals surface area contributed by atoms with E-state index >= 15 is 0 Å². The molecule has 0 spiro atoms. The first-order valence-corrected chi connectivity index (χ1v) is 1.79. The summed E-state index contributed by atoms with van der Waals surface area (Å²) in [5.74, 6) is 0. The minimum atomic E-state index is 0. The maximum atomic E-state index is 2.12. The van der Waals surface area contributed by atoms with Crippen molar-refractivity contribution in [1.82, 2.24) is 0 Å². The third-order valence-electron chi connectivity index (χ3n) is 0. The van der Waals surface area contributed by atoms with Crippen LogP contribution >= 0.6 is 0 Å². The first kappa shape index (κ1) is 15.8. The Balaban J connectivity index is -0.0000000800. The molecule has 0 amide bonds. The zero-order valence-corrected chi connectivity index (χ0v) is 5.36. The van der Waals surface area contributed by atoms with Crippen LogP contribution in [0.15, 0.2) is 0 Å². The van der Waals surface area contributed by atoms with Gasteiger partial charge in [-0.3, -0.25) is 4.70 Å². The van der Waals surface area contributed by atoms with Crippen LogP contribution in [0.3, 0.4) is 0 Å². The molecule has 0 aliphatic carbocycles. The summed E-state index contributed by atoms with van der Waals surface area (Å²) in [6, 6.07) is 0. The number of nitrogens with zero attached hydrogens (tertiary/aromatic N) is 1. The highest BCUT2D eigenvalue weighted by Gasteiger charge is 1.88. The second-order valence-electron chi connectivity index (χ2n) is 2.68. The molecular formula is C4H15FNO+. The van der Waals surface area contributed by atoms with Gasteiger partial charge in [0.25, 0.3) is 0 Å². The molecular weight excluding hydrogens is 97.0 g/mol. The average molecular weight is 112 g/mol. The third kappa shape index (κ3) is 3850. The molecule has 0 unspecified atom stereocenters. The molecule has 2 N–H and O–H groups in total. The molecule has 0 atom stereocenters. The molecule has 0 aromatic carbocycles. The van der Waals surface area contributed by atoms with E-state index in [2.05, 4.69) is 28.2 Å². The van der Waals surface area contributed by atoms with Crippen molar-refractivity contribution in [2.24, 2.45) is 0 Å². The van der Waals surface area contributed by atoms with E-state index in [1.54, 1.807) is 0 Å². The van der Waals surface area contributed by atoms with Crippen LogP contribution in [-0.4, -0.2) is 38.1 Å². The Morgan fingerprint density at radius 2 is 0.857 bits per heavy atom. The van der Waals surface area contributed by atoms with Gasteiger partial charge in [-0.15, -0.1) is 0 Å². The monoisotopic (exact) mass is 112 g/mol. The summed E-state index contributed by atoms with van der Waals surface area (Å²) in [6.07, 6.45) is 0. The summed E-state index contributed by atoms with van der Waals surface area (Å²) < 4.78 is 1.00. The average Bonchev–Trinajstić information content (AvgIpc) is 0.722. The third-order valence-corrected chi connectivity index (χ3v) is 0. The van der Waals surface area contributed by atoms with Gasteiger partial charge in [0.15, 0.2) is 0 Å². The summed E-state index contributed by atoms with van der Waals surface area (Å²) in [7, 11) is 8.50. The fourth-order valence-electron chi connectivity index (χ4n) is 0. The largest absolute Gasteiger partial charge is 0.412 e. The molecule has 0 saturated carbocycles. The Kier molecular flexibility index (Phi) is 9.08. The SMILES string of the molecule is C[N+](C)(C)C.F.O. The molecule has 0 radical (unpaired) electrons. The molecule has 0 heterocycles. The van der Waals surface area contributed by atoms with E-state index < -0.39 is 0 Å². The van der Waals surface area contributed by atoms with E-state index in [4.69, 9.17) is 0 Å². The molecule has 0 saturated heterocycles. The first-order valence-electron chi connectivity index (χ1n) is 1.79. The van der Waals surface area contributed by atoms with E-state index in [-0.39, 0.29) is 10.2 Å². The van der Waals surface area contributed by atoms with Crippen LogP contribution in [0.5, 0.6) is 0 Å². The highest BCUT2D eigenvalue weighted by molar-refractivity contribution is 3.87. The van der Waals surface area contributed by atoms with Gasteiger partial charge in [0.05, 0.1) is 28.2 Å². The van der Waals surface area contributed by atoms with Gasteiger partial charge in [-0.2, -0.15) is 0 Å². The van der Waals surface area contributed by atoms with Crippen LogP contribution in [0.1, 0.15) is 0 Å². The minimum absolute atomic E-state index is 0. The van der Waals surface area contributed by atoms with Gasteiger partial charge in [0, 0.05) is 0 Å². The number of rotatable bonds is 0. The Bertz CT molecular complexity index is 27.2. The molecule has 2 nitrogen and oxygen atoms in total. The molecule has 0 aromatic rings. The maximum absolute atomic E-state index is 2.12. The topological polar surface area (TPSA) is 31.5 Å². The van der Waals surface area contributed by atoms with Crippen molar-refractivity contribution < 1.29 is 14.7 Å². The highest BCUT2D eigenvalue weighted by atomic mass is 19.0. The van der Waals surface area contributed by atoms with Crippen LogP contribution in [0.25, 0.3) is 0 Å². The quantitative estimate of drug-likeness (QED) is 0.384. The minimum Gasteiger partial charge on any atom is -0.412 e. The lowest BCUT2D eigenvalue weighted by molar-refractivity contribution is -0.849. The normalized spacial score (nSPS) is 8.57. The smallest absolute Gasteiger partial charge is 0.0675 e. The molecule has 0 bridgehead atoms. The van der Waals surface area contributed by atoms with Crippen molar-refractivity contribution in [2.75, 3.05) is 28.2 Å². The summed E-state index contributed by atoms with van der Waals surface area (Å²) in [6.45, 7) is 0. The van der Waals surface area contributed by atoms with E-state index in [0.717, 1.165) is 4.48 Å². The van der Waals surface area contributed by atoms with Crippen molar-refractivity contribution in [1.29, 1.82) is 0 Å². The summed E-state index contributed by atoms with van der Waals surface area (Å²) >= 11 is 0. The van der Waals surface area contributed by atoms with Gasteiger partial charge in [-0.05, 0) is 0 Å². The van der Waals surface area contributed by atoms with E-state index in [0.29, 0.717) is 0 Å². The molecule has 0 aliphatic heterocycles. The summed E-state index contributed by atoms with van der Waals surface area (Å²) in [5.41, 5.74) is 0. The lowest BCUT2D eigenvalue weighted by atomic mass is 10.8. The Hall–Kier alpha value is -0.150. The van der Waals surface area contributed by atoms with Crippen molar-refractivity contribution >= 4 is 0 Å². The second kappa shape index (κ2) is 4.02. The van der Waals surface area contributed by atoms with Crippen LogP contribution in [0, 0.1) is 0 Å². The number of halogens is 1. The molecule has 0 rings (SSSR count). The van der Waals surface area contributed by atoms with Gasteiger partial charge in [-0.25, -0.2) is 0 Å². The van der Waals surface area contributed by atoms with E-state index in [1.165, 1.54) is 0 Å². The number of hydrogen-bond acceptors (Lipinski definition) is 0. The zero-order chi connectivity index (χ0) is 4.50. The van der Waals surface area contributed by atoms with E-state index in [9.17, 15) is 0 Å². The van der Waals surface area contributed by atoms with Gasteiger partial charge >= 0.3 is 0 Å². The number of quaternary nitrogens is 1. The van der Waals surface area contributed by atoms with Gasteiger partial charge in [0.1, 0.15) is 0 Å². The maximum Gasteiger partial charge on any atom is 0.0675 e. The highest BCUT2D eigenvalue weighted by Crippen LogP contribution is 1.73. The Morgan fingerprint density at radius 1 is 0.857 bits per heavy atom. The lowest BCUT2D eigenvalue weighted by Crippen LogP contribution is -2.27. The standard InChI is InChI=1S/C4H12N.FH.H2O/c1-5(2,3)4;;/h1-4H3;1H;1H2/q+1;;. The molecule has 0 aliphatic rings. The fraction of sp³-hybridized carbons (Fsp3) is 1.00. The molecule has 0 fully saturated rings. The van der Waals surface area contributed by atoms with Crippen molar-refractivity contribution in [3.05, 3.63) is 0 Å². The van der Waals surface area contributed by atoms with Crippen LogP contribution in [0.4, 0.5) is 4.70 Å². The molecule has 0 aromatic heterocycles. The van der Waals surface area contributed by atoms with Crippen molar-refractivity contribution in [2.45, 2.75) is 0 Å². The Labute approximate surface area is 44.0 Å². The van der Waals surface area contributed by atoms with Crippen LogP contribution in [-0.2, 0) is 0 Å². The van der Waals surface area contributed by atoms with Crippen LogP contribution in [0.2, 0.25) is 0 Å². The van der Waals surface area contributed by atoms with Gasteiger partial charge in [0.2, 0.25) is 0 Å². The molecule has 7 heavy (non-hydrogen) atoms. The molecule has 3 heteroatoms. The fourth-order valence-corrected chi connectivity index (χ4v) is 0. The molecule has 48 valence electrons. The zero-order valence-electron chi connectivity index (χ0n) is 5.36. The van der Waals surface area contributed by atoms with E-state index in [1.807, 2.05) is 0 Å². The summed E-state index contributed by atoms with van der Waals surface area (Å²) in [4.78, 5) is 0. The van der Waals surface area contributed by atoms with Gasteiger partial charge in [-0.1, -0.05) is 0 Å². The second-order valence-corrected chi connectivity index (χ2v) is 2.68. The predicted octanol–water partition coefficient (Wildman–Crippen LogP) is -0.350. The predicted molar refractivity (Wildman–Crippen MR) is 30.1 cm³/mol. The summed E-state index contributed by atoms with van der Waals surface area (Å²) in [5, 5.41) is 0. The lowest BCUT2D eigenvalue weighted by Gasteiger charge is -2.14. The van der Waals surface area contributed by atoms with Crippen LogP contribution < -0.4 is 0 Å². The first-order chi connectivity index (χ1) is 2.00. The van der Waals surface area contributed by atoms with Crippen molar-refractivity contribution in [3.8, 4) is 0 Å². The number of hydrogen-bond donors (Lipinski definition) is 0. The van der Waals surface area contributed by atoms with Gasteiger partial charge < -0.3 is 9.96 Å².